The second-order valence-electron chi connectivity index (χ2n) is 6.83. The van der Waals surface area contributed by atoms with E-state index in [0.29, 0.717) is 19.6 Å². The van der Waals surface area contributed by atoms with Gasteiger partial charge in [0.25, 0.3) is 5.91 Å². The number of hydrogen-bond acceptors (Lipinski definition) is 6. The molecule has 28 heavy (non-hydrogen) atoms. The van der Waals surface area contributed by atoms with E-state index < -0.39 is 36.2 Å². The summed E-state index contributed by atoms with van der Waals surface area (Å²) in [7, 11) is 0. The highest BCUT2D eigenvalue weighted by molar-refractivity contribution is 5.97. The van der Waals surface area contributed by atoms with Crippen LogP contribution in [0.25, 0.3) is 0 Å². The molecule has 2 rings (SSSR count). The summed E-state index contributed by atoms with van der Waals surface area (Å²) < 4.78 is 10.3. The van der Waals surface area contributed by atoms with Crippen molar-refractivity contribution in [2.75, 3.05) is 13.2 Å². The number of ether oxygens (including phenoxy) is 2. The van der Waals surface area contributed by atoms with Crippen molar-refractivity contribution < 1.29 is 29.0 Å². The third kappa shape index (κ3) is 6.70. The first-order chi connectivity index (χ1) is 13.4. The minimum Gasteiger partial charge on any atom is -0.479 e. The third-order valence-electron chi connectivity index (χ3n) is 4.51. The average Bonchev–Trinajstić information content (AvgIpc) is 3.48. The van der Waals surface area contributed by atoms with Gasteiger partial charge in [0, 0.05) is 13.2 Å². The highest BCUT2D eigenvalue weighted by atomic mass is 16.6. The van der Waals surface area contributed by atoms with E-state index in [9.17, 15) is 14.4 Å². The first-order valence-corrected chi connectivity index (χ1v) is 9.53. The standard InChI is InChI=1S/C20H28N2O6/c1-2-3-10-27-11-9-15(22-19(24)17-18(28-17)20(25)26)16(23)14(21)12-13-7-5-4-6-8-13/h4-8,14-15,17-18H,2-3,9-12,21H2,1H3,(H,22,24)(H,25,26)/t14-,15?,17-,18-/m0/s1. The molecular formula is C20H28N2O6. The number of epoxide rings is 1. The van der Waals surface area contributed by atoms with E-state index in [0.717, 1.165) is 18.4 Å². The number of Topliss-reactive ketones (excluding diaryl/α,β-unsaturated/α-hetero) is 1. The maximum absolute atomic E-state index is 12.8. The third-order valence-corrected chi connectivity index (χ3v) is 4.51. The Hall–Kier alpha value is -2.29. The topological polar surface area (TPSA) is 131 Å². The molecule has 1 unspecified atom stereocenters. The minimum absolute atomic E-state index is 0.265. The summed E-state index contributed by atoms with van der Waals surface area (Å²) in [6.07, 6.45) is 0.293. The van der Waals surface area contributed by atoms with Crippen LogP contribution in [0, 0.1) is 0 Å². The summed E-state index contributed by atoms with van der Waals surface area (Å²) in [5.41, 5.74) is 7.00. The fraction of sp³-hybridized carbons (Fsp3) is 0.550. The number of amides is 1. The number of carbonyl (C=O) groups excluding carboxylic acids is 2. The molecule has 1 aliphatic heterocycles. The molecule has 4 N–H and O–H groups in total. The van der Waals surface area contributed by atoms with Crippen molar-refractivity contribution in [3.8, 4) is 0 Å². The van der Waals surface area contributed by atoms with E-state index in [1.807, 2.05) is 37.3 Å². The first kappa shape index (κ1) is 22.0. The molecule has 0 aliphatic carbocycles. The first-order valence-electron chi connectivity index (χ1n) is 9.53. The fourth-order valence-electron chi connectivity index (χ4n) is 2.82. The molecule has 0 aromatic heterocycles. The molecule has 1 heterocycles. The summed E-state index contributed by atoms with van der Waals surface area (Å²) in [5, 5.41) is 11.5. The van der Waals surface area contributed by atoms with Gasteiger partial charge in [-0.15, -0.1) is 0 Å². The van der Waals surface area contributed by atoms with Gasteiger partial charge in [-0.3, -0.25) is 9.59 Å². The predicted molar refractivity (Wildman–Crippen MR) is 102 cm³/mol. The maximum atomic E-state index is 12.8. The van der Waals surface area contributed by atoms with Crippen molar-refractivity contribution >= 4 is 17.7 Å². The molecule has 0 spiro atoms. The monoisotopic (exact) mass is 392 g/mol. The highest BCUT2D eigenvalue weighted by Crippen LogP contribution is 2.22. The summed E-state index contributed by atoms with van der Waals surface area (Å²) in [5.74, 6) is -2.14. The molecule has 1 aromatic rings. The lowest BCUT2D eigenvalue weighted by Gasteiger charge is -2.21. The van der Waals surface area contributed by atoms with Gasteiger partial charge in [0.2, 0.25) is 0 Å². The van der Waals surface area contributed by atoms with Gasteiger partial charge in [0.1, 0.15) is 0 Å². The summed E-state index contributed by atoms with van der Waals surface area (Å²) in [6.45, 7) is 2.92. The molecule has 1 aromatic carbocycles. The minimum atomic E-state index is -1.20. The van der Waals surface area contributed by atoms with Gasteiger partial charge >= 0.3 is 5.97 Å². The van der Waals surface area contributed by atoms with Crippen LogP contribution in [0.1, 0.15) is 31.7 Å². The molecule has 8 nitrogen and oxygen atoms in total. The predicted octanol–water partition coefficient (Wildman–Crippen LogP) is 0.669. The molecule has 8 heteroatoms. The number of carboxylic acids is 1. The van der Waals surface area contributed by atoms with Crippen LogP contribution in [0.3, 0.4) is 0 Å². The number of benzene rings is 1. The lowest BCUT2D eigenvalue weighted by Crippen LogP contribution is -2.50. The lowest BCUT2D eigenvalue weighted by molar-refractivity contribution is -0.138. The number of carbonyl (C=O) groups is 3. The van der Waals surface area contributed by atoms with Crippen LogP contribution < -0.4 is 11.1 Å². The summed E-state index contributed by atoms with van der Waals surface area (Å²) in [6, 6.07) is 7.72. The van der Waals surface area contributed by atoms with Crippen molar-refractivity contribution in [1.29, 1.82) is 0 Å². The Kier molecular flexibility index (Phi) is 8.56. The molecule has 0 bridgehead atoms. The van der Waals surface area contributed by atoms with E-state index in [1.54, 1.807) is 0 Å². The van der Waals surface area contributed by atoms with Gasteiger partial charge in [-0.25, -0.2) is 4.79 Å². The lowest BCUT2D eigenvalue weighted by atomic mass is 9.97. The number of unbranched alkanes of at least 4 members (excludes halogenated alkanes) is 1. The number of rotatable bonds is 13. The van der Waals surface area contributed by atoms with Crippen molar-refractivity contribution in [1.82, 2.24) is 5.32 Å². The number of ketones is 1. The second kappa shape index (κ2) is 10.9. The molecule has 1 amide bonds. The Balaban J connectivity index is 1.94. The van der Waals surface area contributed by atoms with E-state index in [2.05, 4.69) is 5.32 Å². The molecule has 0 saturated carbocycles. The average molecular weight is 392 g/mol. The SMILES string of the molecule is CCCCOCCC(NC(=O)[C@H]1O[C@@H]1C(=O)O)C(=O)[C@@H](N)Cc1ccccc1. The molecule has 154 valence electrons. The zero-order valence-electron chi connectivity index (χ0n) is 16.0. The summed E-state index contributed by atoms with van der Waals surface area (Å²) >= 11 is 0. The molecule has 1 fully saturated rings. The van der Waals surface area contributed by atoms with Crippen LogP contribution in [0.5, 0.6) is 0 Å². The van der Waals surface area contributed by atoms with Crippen LogP contribution in [0.15, 0.2) is 30.3 Å². The zero-order chi connectivity index (χ0) is 20.5. The highest BCUT2D eigenvalue weighted by Gasteiger charge is 2.51. The number of carboxylic acid groups (broad SMARTS) is 1. The quantitative estimate of drug-likeness (QED) is 0.332. The van der Waals surface area contributed by atoms with E-state index in [4.69, 9.17) is 20.3 Å². The van der Waals surface area contributed by atoms with Crippen molar-refractivity contribution in [3.05, 3.63) is 35.9 Å². The second-order valence-corrected chi connectivity index (χ2v) is 6.83. The van der Waals surface area contributed by atoms with Crippen LogP contribution in [0.4, 0.5) is 0 Å². The van der Waals surface area contributed by atoms with Crippen molar-refractivity contribution in [2.45, 2.75) is 56.9 Å². The van der Waals surface area contributed by atoms with Gasteiger partial charge in [0.15, 0.2) is 18.0 Å². The zero-order valence-corrected chi connectivity index (χ0v) is 16.0. The molecule has 4 atom stereocenters. The van der Waals surface area contributed by atoms with Gasteiger partial charge < -0.3 is 25.6 Å². The van der Waals surface area contributed by atoms with Gasteiger partial charge in [-0.05, 0) is 24.8 Å². The fourth-order valence-corrected chi connectivity index (χ4v) is 2.82. The molecule has 1 aliphatic rings. The van der Waals surface area contributed by atoms with E-state index in [-0.39, 0.29) is 12.2 Å². The van der Waals surface area contributed by atoms with E-state index in [1.165, 1.54) is 0 Å². The maximum Gasteiger partial charge on any atom is 0.336 e. The van der Waals surface area contributed by atoms with Crippen LogP contribution in [-0.2, 0) is 30.3 Å². The molecular weight excluding hydrogens is 364 g/mol. The van der Waals surface area contributed by atoms with Crippen LogP contribution >= 0.6 is 0 Å². The Bertz CT molecular complexity index is 666. The van der Waals surface area contributed by atoms with Crippen molar-refractivity contribution in [3.63, 3.8) is 0 Å². The van der Waals surface area contributed by atoms with Gasteiger partial charge in [0.05, 0.1) is 12.1 Å². The normalized spacial score (nSPS) is 20.2. The summed E-state index contributed by atoms with van der Waals surface area (Å²) in [4.78, 5) is 35.9. The van der Waals surface area contributed by atoms with Gasteiger partial charge in [-0.1, -0.05) is 43.7 Å². The number of aliphatic carboxylic acids is 1. The van der Waals surface area contributed by atoms with Crippen LogP contribution in [-0.4, -0.2) is 60.3 Å². The molecule has 1 saturated heterocycles. The Morgan fingerprint density at radius 1 is 1.21 bits per heavy atom. The molecule has 0 radical (unpaired) electrons. The Morgan fingerprint density at radius 3 is 2.54 bits per heavy atom. The Morgan fingerprint density at radius 2 is 1.93 bits per heavy atom. The number of nitrogens with one attached hydrogen (secondary N) is 1. The number of hydrogen-bond donors (Lipinski definition) is 3. The smallest absolute Gasteiger partial charge is 0.336 e. The van der Waals surface area contributed by atoms with Gasteiger partial charge in [-0.2, -0.15) is 0 Å². The van der Waals surface area contributed by atoms with Crippen molar-refractivity contribution in [2.24, 2.45) is 5.73 Å². The number of nitrogens with two attached hydrogens (primary N) is 1. The largest absolute Gasteiger partial charge is 0.479 e. The van der Waals surface area contributed by atoms with Crippen LogP contribution in [0.2, 0.25) is 0 Å². The van der Waals surface area contributed by atoms with E-state index >= 15 is 0 Å². The Labute approximate surface area is 164 Å².